The Bertz CT molecular complexity index is 3160. The Morgan fingerprint density at radius 2 is 0.854 bits per heavy atom. The van der Waals surface area contributed by atoms with Crippen molar-refractivity contribution in [2.24, 2.45) is 0 Å². The summed E-state index contributed by atoms with van der Waals surface area (Å²) in [6.45, 7) is -0.242. The fourth-order valence-electron chi connectivity index (χ4n) is 9.76. The normalized spacial score (nSPS) is 13.6. The highest BCUT2D eigenvalue weighted by atomic mass is 16.6. The smallest absolute Gasteiger partial charge is 0.355 e. The minimum Gasteiger partial charge on any atom is -0.477 e. The third-order valence-electron chi connectivity index (χ3n) is 13.9. The van der Waals surface area contributed by atoms with E-state index < -0.39 is 133 Å². The number of carboxylic acid groups (broad SMARTS) is 1. The molecular formula is C56H64N4O22. The first-order valence-electron chi connectivity index (χ1n) is 25.4. The molecule has 1 unspecified atom stereocenters. The monoisotopic (exact) mass is 1140 g/mol. The lowest BCUT2D eigenvalue weighted by Gasteiger charge is -2.33. The number of amides is 1. The second kappa shape index (κ2) is 29.2. The predicted molar refractivity (Wildman–Crippen MR) is 280 cm³/mol. The first-order valence-corrected chi connectivity index (χ1v) is 25.4. The van der Waals surface area contributed by atoms with Gasteiger partial charge in [0.1, 0.15) is 18.0 Å². The number of hydrogen-bond donors (Lipinski definition) is 5. The summed E-state index contributed by atoms with van der Waals surface area (Å²) < 4.78 is 45.4. The van der Waals surface area contributed by atoms with Gasteiger partial charge in [-0.2, -0.15) is 0 Å². The van der Waals surface area contributed by atoms with Gasteiger partial charge in [-0.1, -0.05) is 30.3 Å². The maximum atomic E-state index is 15.7. The summed E-state index contributed by atoms with van der Waals surface area (Å²) >= 11 is 0. The van der Waals surface area contributed by atoms with Gasteiger partial charge in [0.25, 0.3) is 0 Å². The summed E-state index contributed by atoms with van der Waals surface area (Å²) in [5.41, 5.74) is -3.29. The van der Waals surface area contributed by atoms with Crippen molar-refractivity contribution in [2.45, 2.75) is 102 Å². The number of carboxylic acids is 1. The van der Waals surface area contributed by atoms with Crippen molar-refractivity contribution < 1.29 is 105 Å². The third-order valence-corrected chi connectivity index (χ3v) is 13.9. The standard InChI is InChI=1S/C56H64N4O22/c1-74-40(61)18-14-30-35(23-45(66)79-6)50(54(71)72)58-38(30)26-56(37(25-47(68)81-8)33(53(70)60-56)17-21-43(64)77-4)27-39-34(22-44(65)78-5)31(15-19-41(62)75-2)48(57-39)52(69)49-36(24-46(67)80-7)32(16-20-42(63)76-3)51(59-49)55(73)82-28-29-12-10-9-11-13-29/h9-13,57-59H,14-28H2,1-8H3,(H,60,70)(H,71,72). The maximum absolute atomic E-state index is 15.7. The highest BCUT2D eigenvalue weighted by molar-refractivity contribution is 6.11. The lowest BCUT2D eigenvalue weighted by molar-refractivity contribution is -0.141. The molecule has 1 aliphatic rings. The van der Waals surface area contributed by atoms with Crippen molar-refractivity contribution in [3.05, 3.63) is 115 Å². The van der Waals surface area contributed by atoms with Gasteiger partial charge in [0.2, 0.25) is 11.7 Å². The molecule has 1 amide bonds. The number of aromatic amines is 3. The number of H-pyrrole nitrogens is 3. The Hall–Kier alpha value is -9.36. The second-order valence-electron chi connectivity index (χ2n) is 18.6. The number of nitrogens with one attached hydrogen (secondary N) is 4. The van der Waals surface area contributed by atoms with Crippen LogP contribution in [0.5, 0.6) is 0 Å². The van der Waals surface area contributed by atoms with Gasteiger partial charge in [0.15, 0.2) is 0 Å². The summed E-state index contributed by atoms with van der Waals surface area (Å²) in [4.78, 5) is 171. The van der Waals surface area contributed by atoms with E-state index >= 15 is 4.79 Å². The molecule has 0 bridgehead atoms. The fourth-order valence-corrected chi connectivity index (χ4v) is 9.76. The quantitative estimate of drug-likeness (QED) is 0.0285. The Balaban J connectivity index is 1.91. The number of ether oxygens (including phenoxy) is 9. The first kappa shape index (κ1) is 63.5. The first-order chi connectivity index (χ1) is 39.1. The lowest BCUT2D eigenvalue weighted by atomic mass is 9.77. The Morgan fingerprint density at radius 1 is 0.451 bits per heavy atom. The van der Waals surface area contributed by atoms with Crippen LogP contribution >= 0.6 is 0 Å². The molecule has 0 fully saturated rings. The summed E-state index contributed by atoms with van der Waals surface area (Å²) in [5, 5.41) is 13.5. The zero-order chi connectivity index (χ0) is 60.4. The van der Waals surface area contributed by atoms with Gasteiger partial charge in [0, 0.05) is 55.5 Å². The average Bonchev–Trinajstić information content (AvgIpc) is 2.44. The molecule has 5 rings (SSSR count). The molecule has 4 heterocycles. The zero-order valence-corrected chi connectivity index (χ0v) is 46.5. The van der Waals surface area contributed by atoms with Crippen LogP contribution in [0.25, 0.3) is 0 Å². The van der Waals surface area contributed by atoms with E-state index in [1.807, 2.05) is 0 Å². The van der Waals surface area contributed by atoms with Crippen LogP contribution in [0.3, 0.4) is 0 Å². The summed E-state index contributed by atoms with van der Waals surface area (Å²) in [5.74, 6) is -10.9. The van der Waals surface area contributed by atoms with Crippen molar-refractivity contribution in [1.82, 2.24) is 20.3 Å². The molecule has 1 aliphatic heterocycles. The number of aromatic carboxylic acids is 1. The molecule has 1 atom stereocenters. The average molecular weight is 1150 g/mol. The SMILES string of the molecule is COC(=O)CCC1=C(CC(=O)OC)C(Cc2[nH]c(C(=O)O)c(CC(=O)OC)c2CCC(=O)OC)(Cc2[nH]c(C(=O)c3[nH]c(C(=O)OCc4ccccc4)c(CCC(=O)OC)c3CC(=O)OC)c(CCC(=O)OC)c2CC(=O)OC)NC1=O. The van der Waals surface area contributed by atoms with Gasteiger partial charge >= 0.3 is 59.7 Å². The van der Waals surface area contributed by atoms with E-state index in [1.54, 1.807) is 30.3 Å². The van der Waals surface area contributed by atoms with E-state index in [4.69, 9.17) is 42.6 Å². The number of carbonyl (C=O) groups is 12. The zero-order valence-electron chi connectivity index (χ0n) is 46.5. The minimum atomic E-state index is -1.98. The minimum absolute atomic E-state index is 0.000769. The molecule has 0 saturated carbocycles. The summed E-state index contributed by atoms with van der Waals surface area (Å²) in [7, 11) is 8.82. The topological polar surface area (TPSA) is 368 Å². The predicted octanol–water partition coefficient (Wildman–Crippen LogP) is 2.89. The molecule has 3 aromatic heterocycles. The number of methoxy groups -OCH3 is 8. The molecule has 440 valence electrons. The largest absolute Gasteiger partial charge is 0.477 e. The molecule has 26 heteroatoms. The van der Waals surface area contributed by atoms with Crippen LogP contribution in [0.2, 0.25) is 0 Å². The molecule has 1 aromatic carbocycles. The Kier molecular flexibility index (Phi) is 22.6. The van der Waals surface area contributed by atoms with E-state index in [9.17, 15) is 57.8 Å². The number of ketones is 1. The van der Waals surface area contributed by atoms with Crippen LogP contribution in [0.15, 0.2) is 41.5 Å². The van der Waals surface area contributed by atoms with E-state index in [0.29, 0.717) is 5.56 Å². The highest BCUT2D eigenvalue weighted by Gasteiger charge is 2.48. The lowest BCUT2D eigenvalue weighted by Crippen LogP contribution is -2.49. The number of aromatic nitrogens is 3. The van der Waals surface area contributed by atoms with Gasteiger partial charge in [-0.05, 0) is 70.2 Å². The Morgan fingerprint density at radius 3 is 1.34 bits per heavy atom. The number of hydrogen-bond acceptors (Lipinski definition) is 21. The van der Waals surface area contributed by atoms with Gasteiger partial charge < -0.3 is 68.0 Å². The van der Waals surface area contributed by atoms with Crippen molar-refractivity contribution in [3.63, 3.8) is 0 Å². The van der Waals surface area contributed by atoms with E-state index in [0.717, 1.165) is 56.9 Å². The number of carbonyl (C=O) groups excluding carboxylic acids is 11. The third kappa shape index (κ3) is 15.5. The molecule has 0 aliphatic carbocycles. The van der Waals surface area contributed by atoms with Gasteiger partial charge in [0.05, 0.1) is 99.5 Å². The van der Waals surface area contributed by atoms with Crippen LogP contribution in [-0.4, -0.2) is 154 Å². The number of benzene rings is 1. The summed E-state index contributed by atoms with van der Waals surface area (Å²) in [6, 6.07) is 8.57. The molecule has 0 radical (unpaired) electrons. The molecule has 26 nitrogen and oxygen atoms in total. The van der Waals surface area contributed by atoms with Crippen molar-refractivity contribution >= 4 is 71.4 Å². The van der Waals surface area contributed by atoms with Crippen LogP contribution in [0, 0.1) is 0 Å². The van der Waals surface area contributed by atoms with Crippen molar-refractivity contribution in [2.75, 3.05) is 56.9 Å². The van der Waals surface area contributed by atoms with Gasteiger partial charge in [-0.15, -0.1) is 0 Å². The van der Waals surface area contributed by atoms with Crippen LogP contribution in [0.1, 0.15) is 126 Å². The van der Waals surface area contributed by atoms with Gasteiger partial charge in [-0.25, -0.2) is 9.59 Å². The van der Waals surface area contributed by atoms with Gasteiger partial charge in [-0.3, -0.25) is 47.9 Å². The number of rotatable bonds is 30. The molecule has 5 N–H and O–H groups in total. The maximum Gasteiger partial charge on any atom is 0.355 e. The number of esters is 9. The van der Waals surface area contributed by atoms with Crippen LogP contribution in [0.4, 0.5) is 0 Å². The summed E-state index contributed by atoms with van der Waals surface area (Å²) in [6.07, 6.45) is -6.42. The van der Waals surface area contributed by atoms with Crippen LogP contribution in [-0.2, 0) is 144 Å². The van der Waals surface area contributed by atoms with Crippen LogP contribution < -0.4 is 5.32 Å². The van der Waals surface area contributed by atoms with Crippen molar-refractivity contribution in [3.8, 4) is 0 Å². The fraction of sp³-hybridized carbons (Fsp3) is 0.429. The molecule has 82 heavy (non-hydrogen) atoms. The van der Waals surface area contributed by atoms with E-state index in [-0.39, 0.29) is 119 Å². The molecule has 0 spiro atoms. The van der Waals surface area contributed by atoms with Crippen molar-refractivity contribution in [1.29, 1.82) is 0 Å². The Labute approximate surface area is 469 Å². The highest BCUT2D eigenvalue weighted by Crippen LogP contribution is 2.41. The second-order valence-corrected chi connectivity index (χ2v) is 18.6. The van der Waals surface area contributed by atoms with E-state index in [1.165, 1.54) is 0 Å². The van der Waals surface area contributed by atoms with E-state index in [2.05, 4.69) is 20.3 Å². The molecule has 4 aromatic rings. The molecular weight excluding hydrogens is 1080 g/mol. The molecule has 0 saturated heterocycles.